The van der Waals surface area contributed by atoms with Crippen molar-refractivity contribution in [3.63, 3.8) is 0 Å². The minimum absolute atomic E-state index is 0.105. The molecule has 0 saturated carbocycles. The standard InChI is InChI=1S/C13H16O3/c1-10(14)8-9-13(16-11(2)15)12-6-4-3-5-7-12/h3-7,13H,8-9H2,1-2H3. The van der Waals surface area contributed by atoms with E-state index < -0.39 is 0 Å². The van der Waals surface area contributed by atoms with Crippen molar-refractivity contribution in [3.05, 3.63) is 35.9 Å². The molecule has 0 aliphatic heterocycles. The van der Waals surface area contributed by atoms with Gasteiger partial charge in [0.05, 0.1) is 0 Å². The average Bonchev–Trinajstić information content (AvgIpc) is 2.25. The third kappa shape index (κ3) is 4.26. The van der Waals surface area contributed by atoms with Gasteiger partial charge in [0, 0.05) is 13.3 Å². The van der Waals surface area contributed by atoms with Gasteiger partial charge in [-0.15, -0.1) is 0 Å². The average molecular weight is 220 g/mol. The van der Waals surface area contributed by atoms with Gasteiger partial charge in [0.15, 0.2) is 0 Å². The van der Waals surface area contributed by atoms with E-state index >= 15 is 0 Å². The fourth-order valence-corrected chi connectivity index (χ4v) is 1.50. The summed E-state index contributed by atoms with van der Waals surface area (Å²) in [4.78, 5) is 21.9. The van der Waals surface area contributed by atoms with Gasteiger partial charge in [0.2, 0.25) is 0 Å². The molecule has 1 aromatic carbocycles. The van der Waals surface area contributed by atoms with E-state index in [0.717, 1.165) is 5.56 Å². The van der Waals surface area contributed by atoms with Crippen molar-refractivity contribution in [1.29, 1.82) is 0 Å². The Morgan fingerprint density at radius 2 is 1.81 bits per heavy atom. The lowest BCUT2D eigenvalue weighted by atomic mass is 10.0. The van der Waals surface area contributed by atoms with E-state index in [4.69, 9.17) is 4.74 Å². The Bertz CT molecular complexity index is 357. The van der Waals surface area contributed by atoms with Gasteiger partial charge >= 0.3 is 5.97 Å². The molecule has 86 valence electrons. The minimum Gasteiger partial charge on any atom is -0.458 e. The summed E-state index contributed by atoms with van der Waals surface area (Å²) in [6.07, 6.45) is 0.647. The Kier molecular flexibility index (Phi) is 4.70. The van der Waals surface area contributed by atoms with Gasteiger partial charge in [-0.25, -0.2) is 0 Å². The summed E-state index contributed by atoms with van der Waals surface area (Å²) in [5, 5.41) is 0. The predicted octanol–water partition coefficient (Wildman–Crippen LogP) is 2.66. The van der Waals surface area contributed by atoms with Crippen LogP contribution in [0.3, 0.4) is 0 Å². The maximum atomic E-state index is 11.0. The van der Waals surface area contributed by atoms with E-state index in [9.17, 15) is 9.59 Å². The van der Waals surface area contributed by atoms with Crippen LogP contribution in [0.25, 0.3) is 0 Å². The van der Waals surface area contributed by atoms with Crippen LogP contribution in [-0.4, -0.2) is 11.8 Å². The van der Waals surface area contributed by atoms with E-state index in [1.165, 1.54) is 13.8 Å². The van der Waals surface area contributed by atoms with Crippen molar-refractivity contribution in [2.75, 3.05) is 0 Å². The number of rotatable bonds is 5. The predicted molar refractivity (Wildman–Crippen MR) is 60.9 cm³/mol. The van der Waals surface area contributed by atoms with E-state index in [0.29, 0.717) is 12.8 Å². The molecule has 16 heavy (non-hydrogen) atoms. The number of esters is 1. The molecule has 0 spiro atoms. The number of hydrogen-bond donors (Lipinski definition) is 0. The highest BCUT2D eigenvalue weighted by Crippen LogP contribution is 2.22. The lowest BCUT2D eigenvalue weighted by molar-refractivity contribution is -0.147. The number of Topliss-reactive ketones (excluding diaryl/α,β-unsaturated/α-hetero) is 1. The van der Waals surface area contributed by atoms with Crippen LogP contribution in [0, 0.1) is 0 Å². The normalized spacial score (nSPS) is 11.9. The van der Waals surface area contributed by atoms with Crippen LogP contribution in [0.4, 0.5) is 0 Å². The maximum absolute atomic E-state index is 11.0. The van der Waals surface area contributed by atoms with Crippen LogP contribution in [-0.2, 0) is 14.3 Å². The molecule has 0 saturated heterocycles. The largest absolute Gasteiger partial charge is 0.458 e. The molecule has 0 aromatic heterocycles. The summed E-state index contributed by atoms with van der Waals surface area (Å²) in [7, 11) is 0. The van der Waals surface area contributed by atoms with Crippen LogP contribution in [0.5, 0.6) is 0 Å². The lowest BCUT2D eigenvalue weighted by Gasteiger charge is -2.16. The first kappa shape index (κ1) is 12.4. The summed E-state index contributed by atoms with van der Waals surface area (Å²) in [5.41, 5.74) is 0.930. The highest BCUT2D eigenvalue weighted by atomic mass is 16.5. The summed E-state index contributed by atoms with van der Waals surface area (Å²) in [5.74, 6) is -0.217. The number of carbonyl (C=O) groups is 2. The maximum Gasteiger partial charge on any atom is 0.303 e. The molecule has 0 aliphatic rings. The molecular formula is C13H16O3. The van der Waals surface area contributed by atoms with E-state index in [1.807, 2.05) is 30.3 Å². The first-order chi connectivity index (χ1) is 7.59. The van der Waals surface area contributed by atoms with Gasteiger partial charge in [-0.2, -0.15) is 0 Å². The minimum atomic E-state index is -0.322. The molecule has 1 unspecified atom stereocenters. The molecule has 1 atom stereocenters. The summed E-state index contributed by atoms with van der Waals surface area (Å²) in [6, 6.07) is 9.47. The van der Waals surface area contributed by atoms with Crippen molar-refractivity contribution in [3.8, 4) is 0 Å². The molecule has 0 heterocycles. The summed E-state index contributed by atoms with van der Waals surface area (Å²) in [6.45, 7) is 2.92. The molecule has 0 radical (unpaired) electrons. The molecule has 3 nitrogen and oxygen atoms in total. The van der Waals surface area contributed by atoms with Crippen LogP contribution in [0.1, 0.15) is 38.4 Å². The topological polar surface area (TPSA) is 43.4 Å². The van der Waals surface area contributed by atoms with Crippen molar-refractivity contribution < 1.29 is 14.3 Å². The van der Waals surface area contributed by atoms with Gasteiger partial charge in [-0.1, -0.05) is 30.3 Å². The molecule has 0 fully saturated rings. The highest BCUT2D eigenvalue weighted by Gasteiger charge is 2.14. The fraction of sp³-hybridized carbons (Fsp3) is 0.385. The summed E-state index contributed by atoms with van der Waals surface area (Å²) < 4.78 is 5.20. The monoisotopic (exact) mass is 220 g/mol. The number of ketones is 1. The molecule has 1 aromatic rings. The van der Waals surface area contributed by atoms with Gasteiger partial charge < -0.3 is 9.53 Å². The fourth-order valence-electron chi connectivity index (χ4n) is 1.50. The van der Waals surface area contributed by atoms with Crippen LogP contribution in [0.2, 0.25) is 0 Å². The zero-order chi connectivity index (χ0) is 12.0. The Morgan fingerprint density at radius 3 is 2.31 bits per heavy atom. The zero-order valence-electron chi connectivity index (χ0n) is 9.60. The van der Waals surface area contributed by atoms with Crippen molar-refractivity contribution in [2.24, 2.45) is 0 Å². The van der Waals surface area contributed by atoms with Crippen molar-refractivity contribution in [1.82, 2.24) is 0 Å². The van der Waals surface area contributed by atoms with E-state index in [1.54, 1.807) is 0 Å². The van der Waals surface area contributed by atoms with Crippen molar-refractivity contribution in [2.45, 2.75) is 32.8 Å². The lowest BCUT2D eigenvalue weighted by Crippen LogP contribution is -2.09. The summed E-state index contributed by atoms with van der Waals surface area (Å²) >= 11 is 0. The van der Waals surface area contributed by atoms with Crippen LogP contribution in [0.15, 0.2) is 30.3 Å². The van der Waals surface area contributed by atoms with Gasteiger partial charge in [-0.05, 0) is 18.9 Å². The SMILES string of the molecule is CC(=O)CCC(OC(C)=O)c1ccccc1. The molecule has 0 amide bonds. The van der Waals surface area contributed by atoms with E-state index in [2.05, 4.69) is 0 Å². The Labute approximate surface area is 95.4 Å². The molecule has 0 N–H and O–H groups in total. The second-order valence-corrected chi connectivity index (χ2v) is 3.75. The quantitative estimate of drug-likeness (QED) is 0.716. The first-order valence-corrected chi connectivity index (χ1v) is 5.31. The van der Waals surface area contributed by atoms with Crippen molar-refractivity contribution >= 4 is 11.8 Å². The zero-order valence-corrected chi connectivity index (χ0v) is 9.60. The second-order valence-electron chi connectivity index (χ2n) is 3.75. The van der Waals surface area contributed by atoms with Crippen LogP contribution >= 0.6 is 0 Å². The third-order valence-corrected chi connectivity index (χ3v) is 2.24. The van der Waals surface area contributed by atoms with Gasteiger partial charge in [-0.3, -0.25) is 4.79 Å². The molecular weight excluding hydrogens is 204 g/mol. The molecule has 0 bridgehead atoms. The molecule has 1 rings (SSSR count). The molecule has 0 aliphatic carbocycles. The van der Waals surface area contributed by atoms with E-state index in [-0.39, 0.29) is 17.9 Å². The Hall–Kier alpha value is -1.64. The first-order valence-electron chi connectivity index (χ1n) is 5.31. The number of benzene rings is 1. The Morgan fingerprint density at radius 1 is 1.19 bits per heavy atom. The third-order valence-electron chi connectivity index (χ3n) is 2.24. The molecule has 3 heteroatoms. The van der Waals surface area contributed by atoms with Crippen LogP contribution < -0.4 is 0 Å². The van der Waals surface area contributed by atoms with Gasteiger partial charge in [0.1, 0.15) is 11.9 Å². The number of carbonyl (C=O) groups excluding carboxylic acids is 2. The second kappa shape index (κ2) is 6.05. The highest BCUT2D eigenvalue weighted by molar-refractivity contribution is 5.75. The number of ether oxygens (including phenoxy) is 1. The smallest absolute Gasteiger partial charge is 0.303 e. The number of hydrogen-bond acceptors (Lipinski definition) is 3. The Balaban J connectivity index is 2.71. The van der Waals surface area contributed by atoms with Gasteiger partial charge in [0.25, 0.3) is 0 Å².